The molecule has 4 rings (SSSR count). The first-order chi connectivity index (χ1) is 17.5. The molecule has 0 unspecified atom stereocenters. The number of phenols is 2. The molecular formula is C32H36N2O2Zr. The molecule has 0 heterocycles. The first kappa shape index (κ1) is 33.9. The van der Waals surface area contributed by atoms with Crippen molar-refractivity contribution in [2.24, 2.45) is 0 Å². The molecule has 2 N–H and O–H groups in total. The molecule has 0 aliphatic heterocycles. The van der Waals surface area contributed by atoms with Crippen LogP contribution >= 0.6 is 0 Å². The van der Waals surface area contributed by atoms with Crippen LogP contribution in [0.25, 0.3) is 0 Å². The Morgan fingerprint density at radius 1 is 0.676 bits per heavy atom. The molecule has 0 saturated carbocycles. The summed E-state index contributed by atoms with van der Waals surface area (Å²) in [6.07, 6.45) is 25.1. The molecular weight excluding hydrogens is 536 g/mol. The van der Waals surface area contributed by atoms with Crippen molar-refractivity contribution in [3.8, 4) is 23.6 Å². The van der Waals surface area contributed by atoms with Crippen LogP contribution in [-0.4, -0.2) is 10.2 Å². The summed E-state index contributed by atoms with van der Waals surface area (Å²) in [6, 6.07) is 16.1. The molecule has 0 aromatic heterocycles. The van der Waals surface area contributed by atoms with Crippen molar-refractivity contribution in [2.45, 2.75) is 65.2 Å². The van der Waals surface area contributed by atoms with Crippen LogP contribution < -0.4 is 0 Å². The molecule has 0 radical (unpaired) electrons. The standard InChI is InChI=1S/2C9H13.2C7H5NO.Zr/c2*1-2-3-6-9-7-4-5-8-9;2*8-5-6-1-3-7(9)4-2-6;/h2*4,7H,2-3,5-6H2,1H3;2*1-4,9H;/q2*-1;;;+2. The van der Waals surface area contributed by atoms with Crippen molar-refractivity contribution in [3.63, 3.8) is 0 Å². The summed E-state index contributed by atoms with van der Waals surface area (Å²) in [5.74, 6) is 0.378. The number of phenolic OH excluding ortho intramolecular Hbond substituents is 2. The van der Waals surface area contributed by atoms with E-state index >= 15 is 0 Å². The third kappa shape index (κ3) is 17.0. The van der Waals surface area contributed by atoms with Gasteiger partial charge in [-0.25, -0.2) is 23.3 Å². The summed E-state index contributed by atoms with van der Waals surface area (Å²) < 4.78 is 0. The van der Waals surface area contributed by atoms with Gasteiger partial charge in [0.1, 0.15) is 11.5 Å². The zero-order valence-electron chi connectivity index (χ0n) is 21.9. The number of nitrogens with zero attached hydrogens (tertiary/aromatic N) is 2. The van der Waals surface area contributed by atoms with Crippen LogP contribution in [0.1, 0.15) is 76.3 Å². The van der Waals surface area contributed by atoms with Crippen molar-refractivity contribution < 1.29 is 36.4 Å². The van der Waals surface area contributed by atoms with Crippen LogP contribution in [0.15, 0.2) is 84.0 Å². The second kappa shape index (κ2) is 22.1. The minimum Gasteiger partial charge on any atom is -0.508 e. The molecule has 2 aromatic rings. The van der Waals surface area contributed by atoms with Gasteiger partial charge in [0.15, 0.2) is 0 Å². The number of hydrogen-bond acceptors (Lipinski definition) is 4. The van der Waals surface area contributed by atoms with Crippen LogP contribution in [0.2, 0.25) is 0 Å². The Bertz CT molecular complexity index is 994. The summed E-state index contributed by atoms with van der Waals surface area (Å²) in [5, 5.41) is 34.1. The van der Waals surface area contributed by atoms with Gasteiger partial charge in [-0.1, -0.05) is 52.4 Å². The van der Waals surface area contributed by atoms with E-state index in [0.717, 1.165) is 12.8 Å². The second-order valence-electron chi connectivity index (χ2n) is 8.14. The molecule has 2 aromatic carbocycles. The molecule has 37 heavy (non-hydrogen) atoms. The molecule has 0 saturated heterocycles. The van der Waals surface area contributed by atoms with Crippen molar-refractivity contribution >= 4 is 0 Å². The van der Waals surface area contributed by atoms with E-state index in [0.29, 0.717) is 11.1 Å². The Morgan fingerprint density at radius 2 is 1.03 bits per heavy atom. The van der Waals surface area contributed by atoms with E-state index in [-0.39, 0.29) is 37.7 Å². The average molecular weight is 572 g/mol. The molecule has 0 amide bonds. The SMILES string of the molecule is CCCCC1=[C-]CC=C1.CCCCC1=[C-]CC=C1.N#Cc1ccc(O)cc1.N#Cc1ccc(O)cc1.[Zr+2]. The first-order valence-electron chi connectivity index (χ1n) is 12.4. The van der Waals surface area contributed by atoms with E-state index in [4.69, 9.17) is 20.7 Å². The number of hydrogen-bond donors (Lipinski definition) is 2. The van der Waals surface area contributed by atoms with Crippen molar-refractivity contribution in [1.82, 2.24) is 0 Å². The monoisotopic (exact) mass is 570 g/mol. The Hall–Kier alpha value is -3.14. The summed E-state index contributed by atoms with van der Waals surface area (Å²) in [4.78, 5) is 0. The van der Waals surface area contributed by atoms with E-state index in [1.54, 1.807) is 24.3 Å². The average Bonchev–Trinajstić information content (AvgIpc) is 3.63. The van der Waals surface area contributed by atoms with Gasteiger partial charge in [-0.3, -0.25) is 12.2 Å². The predicted octanol–water partition coefficient (Wildman–Crippen LogP) is 8.26. The largest absolute Gasteiger partial charge is 2.00 e. The van der Waals surface area contributed by atoms with Crippen LogP contribution in [0.4, 0.5) is 0 Å². The first-order valence-corrected chi connectivity index (χ1v) is 12.4. The number of allylic oxidation sites excluding steroid dienone is 8. The fraction of sp³-hybridized carbons (Fsp3) is 0.312. The van der Waals surface area contributed by atoms with E-state index in [2.05, 4.69) is 50.3 Å². The quantitative estimate of drug-likeness (QED) is 0.342. The van der Waals surface area contributed by atoms with Gasteiger partial charge in [-0.05, 0) is 48.5 Å². The smallest absolute Gasteiger partial charge is 0.508 e. The van der Waals surface area contributed by atoms with E-state index < -0.39 is 0 Å². The maximum Gasteiger partial charge on any atom is 2.00 e. The van der Waals surface area contributed by atoms with Gasteiger partial charge in [-0.15, -0.1) is 12.8 Å². The third-order valence-electron chi connectivity index (χ3n) is 5.12. The molecule has 4 nitrogen and oxygen atoms in total. The molecule has 5 heteroatoms. The molecule has 0 spiro atoms. The summed E-state index contributed by atoms with van der Waals surface area (Å²) in [5.41, 5.74) is 3.95. The van der Waals surface area contributed by atoms with E-state index in [9.17, 15) is 0 Å². The van der Waals surface area contributed by atoms with Crippen LogP contribution in [-0.2, 0) is 26.2 Å². The van der Waals surface area contributed by atoms with Crippen LogP contribution in [0.5, 0.6) is 11.5 Å². The maximum absolute atomic E-state index is 8.74. The van der Waals surface area contributed by atoms with Gasteiger partial charge in [0.05, 0.1) is 23.3 Å². The van der Waals surface area contributed by atoms with Crippen molar-refractivity contribution in [2.75, 3.05) is 0 Å². The van der Waals surface area contributed by atoms with Crippen molar-refractivity contribution in [3.05, 3.63) is 107 Å². The molecule has 2 aliphatic carbocycles. The maximum atomic E-state index is 8.74. The second-order valence-corrected chi connectivity index (χ2v) is 8.14. The van der Waals surface area contributed by atoms with Crippen LogP contribution in [0, 0.1) is 34.8 Å². The van der Waals surface area contributed by atoms with Gasteiger partial charge in [0, 0.05) is 0 Å². The molecule has 0 fully saturated rings. The van der Waals surface area contributed by atoms with Gasteiger partial charge in [0.2, 0.25) is 0 Å². The zero-order chi connectivity index (χ0) is 26.4. The third-order valence-corrected chi connectivity index (χ3v) is 5.12. The Labute approximate surface area is 242 Å². The Balaban J connectivity index is 0.000000463. The van der Waals surface area contributed by atoms with E-state index in [1.807, 2.05) is 12.1 Å². The van der Waals surface area contributed by atoms with Gasteiger partial charge in [0.25, 0.3) is 0 Å². The number of nitriles is 2. The number of aromatic hydroxyl groups is 2. The molecule has 2 aliphatic rings. The number of unbranched alkanes of at least 4 members (excludes halogenated alkanes) is 2. The fourth-order valence-corrected chi connectivity index (χ4v) is 3.05. The minimum atomic E-state index is 0. The summed E-state index contributed by atoms with van der Waals surface area (Å²) >= 11 is 0. The number of benzene rings is 2. The number of rotatable bonds is 6. The topological polar surface area (TPSA) is 88.0 Å². The summed E-state index contributed by atoms with van der Waals surface area (Å²) in [7, 11) is 0. The van der Waals surface area contributed by atoms with Gasteiger partial charge < -0.3 is 10.2 Å². The van der Waals surface area contributed by atoms with Crippen molar-refractivity contribution in [1.29, 1.82) is 10.5 Å². The van der Waals surface area contributed by atoms with E-state index in [1.165, 1.54) is 73.9 Å². The van der Waals surface area contributed by atoms with Gasteiger partial charge >= 0.3 is 26.2 Å². The predicted molar refractivity (Wildman–Crippen MR) is 146 cm³/mol. The molecule has 0 atom stereocenters. The Kier molecular flexibility index (Phi) is 20.2. The molecule has 0 bridgehead atoms. The zero-order valence-corrected chi connectivity index (χ0v) is 24.3. The molecule has 190 valence electrons. The van der Waals surface area contributed by atoms with Crippen LogP contribution in [0.3, 0.4) is 0 Å². The normalized spacial score (nSPS) is 12.0. The van der Waals surface area contributed by atoms with Gasteiger partial charge in [-0.2, -0.15) is 22.7 Å². The summed E-state index contributed by atoms with van der Waals surface area (Å²) in [6.45, 7) is 4.44. The fourth-order valence-electron chi connectivity index (χ4n) is 3.05. The Morgan fingerprint density at radius 3 is 1.27 bits per heavy atom. The minimum absolute atomic E-state index is 0.